The summed E-state index contributed by atoms with van der Waals surface area (Å²) in [5.41, 5.74) is 4.86. The lowest BCUT2D eigenvalue weighted by Crippen LogP contribution is -2.31. The van der Waals surface area contributed by atoms with E-state index >= 15 is 0 Å². The van der Waals surface area contributed by atoms with E-state index < -0.39 is 10.8 Å². The maximum Gasteiger partial charge on any atom is 0.107 e. The molecule has 1 aliphatic rings. The van der Waals surface area contributed by atoms with Gasteiger partial charge in [0.25, 0.3) is 0 Å². The summed E-state index contributed by atoms with van der Waals surface area (Å²) in [5.74, 6) is 0. The summed E-state index contributed by atoms with van der Waals surface area (Å²) < 4.78 is 0. The van der Waals surface area contributed by atoms with Crippen LogP contribution in [-0.2, 0) is 17.4 Å². The molecule has 1 heterocycles. The van der Waals surface area contributed by atoms with Crippen molar-refractivity contribution in [3.63, 3.8) is 0 Å². The minimum absolute atomic E-state index is 0.583. The Morgan fingerprint density at radius 2 is 1.64 bits per heavy atom. The SMILES string of the molecule is CC(C)(C#N)c1cc(CN2C=NCN2)cc(C(C)(C)C#N)c1. The van der Waals surface area contributed by atoms with Crippen LogP contribution >= 0.6 is 0 Å². The van der Waals surface area contributed by atoms with Gasteiger partial charge in [0.1, 0.15) is 13.0 Å². The highest BCUT2D eigenvalue weighted by Gasteiger charge is 2.26. The average molecular weight is 295 g/mol. The first-order chi connectivity index (χ1) is 10.3. The maximum atomic E-state index is 9.41. The molecule has 1 aromatic carbocycles. The molecule has 0 spiro atoms. The van der Waals surface area contributed by atoms with Crippen LogP contribution in [0.3, 0.4) is 0 Å². The van der Waals surface area contributed by atoms with Gasteiger partial charge in [-0.2, -0.15) is 10.5 Å². The molecule has 5 heteroatoms. The molecule has 0 unspecified atom stereocenters. The molecule has 0 bridgehead atoms. The third kappa shape index (κ3) is 3.27. The third-order valence-corrected chi connectivity index (χ3v) is 3.93. The number of aliphatic imine (C=N–C) groups is 1. The largest absolute Gasteiger partial charge is 0.292 e. The first kappa shape index (κ1) is 16.0. The van der Waals surface area contributed by atoms with E-state index in [4.69, 9.17) is 0 Å². The third-order valence-electron chi connectivity index (χ3n) is 3.93. The second-order valence-electron chi connectivity index (χ2n) is 6.63. The number of nitrogens with zero attached hydrogens (tertiary/aromatic N) is 4. The van der Waals surface area contributed by atoms with Crippen molar-refractivity contribution >= 4 is 6.34 Å². The van der Waals surface area contributed by atoms with Crippen LogP contribution < -0.4 is 5.43 Å². The van der Waals surface area contributed by atoms with Crippen LogP contribution in [0.1, 0.15) is 44.4 Å². The molecule has 0 radical (unpaired) electrons. The molecule has 1 aliphatic heterocycles. The monoisotopic (exact) mass is 295 g/mol. The van der Waals surface area contributed by atoms with Crippen molar-refractivity contribution in [2.24, 2.45) is 4.99 Å². The van der Waals surface area contributed by atoms with E-state index in [1.807, 2.05) is 50.9 Å². The Morgan fingerprint density at radius 3 is 2.05 bits per heavy atom. The van der Waals surface area contributed by atoms with E-state index in [0.717, 1.165) is 16.7 Å². The summed E-state index contributed by atoms with van der Waals surface area (Å²) in [7, 11) is 0. The predicted molar refractivity (Wildman–Crippen MR) is 85.8 cm³/mol. The van der Waals surface area contributed by atoms with Gasteiger partial charge in [0, 0.05) is 0 Å². The van der Waals surface area contributed by atoms with E-state index in [1.165, 1.54) is 0 Å². The molecule has 0 saturated carbocycles. The van der Waals surface area contributed by atoms with Gasteiger partial charge in [0.05, 0.1) is 29.5 Å². The Balaban J connectivity index is 2.47. The smallest absolute Gasteiger partial charge is 0.107 e. The number of rotatable bonds is 4. The highest BCUT2D eigenvalue weighted by atomic mass is 15.6. The Labute approximate surface area is 131 Å². The van der Waals surface area contributed by atoms with Crippen molar-refractivity contribution in [2.75, 3.05) is 6.67 Å². The molecule has 0 fully saturated rings. The number of hydrogen-bond acceptors (Lipinski definition) is 5. The molecular weight excluding hydrogens is 274 g/mol. The Hall–Kier alpha value is -2.37. The van der Waals surface area contributed by atoms with Crippen LogP contribution in [0.2, 0.25) is 0 Å². The van der Waals surface area contributed by atoms with Crippen LogP contribution in [-0.4, -0.2) is 18.0 Å². The number of nitrogens with one attached hydrogen (secondary N) is 1. The maximum absolute atomic E-state index is 9.41. The summed E-state index contributed by atoms with van der Waals surface area (Å²) in [6.45, 7) is 8.80. The molecular formula is C17H21N5. The molecule has 2 rings (SSSR count). The molecule has 0 aliphatic carbocycles. The van der Waals surface area contributed by atoms with Crippen LogP contribution in [0, 0.1) is 22.7 Å². The lowest BCUT2D eigenvalue weighted by Gasteiger charge is -2.24. The van der Waals surface area contributed by atoms with Crippen molar-refractivity contribution in [3.8, 4) is 12.1 Å². The molecule has 114 valence electrons. The molecule has 5 nitrogen and oxygen atoms in total. The Morgan fingerprint density at radius 1 is 1.09 bits per heavy atom. The predicted octanol–water partition coefficient (Wildman–Crippen LogP) is 2.59. The van der Waals surface area contributed by atoms with Crippen LogP contribution in [0.4, 0.5) is 0 Å². The Kier molecular flexibility index (Phi) is 4.21. The molecule has 0 atom stereocenters. The standard InChI is InChI=1S/C17H21N5/c1-16(2,9-18)14-5-13(8-22-12-20-11-21-22)6-15(7-14)17(3,4)10-19/h5-7,12,21H,8,11H2,1-4H3. The van der Waals surface area contributed by atoms with E-state index in [0.29, 0.717) is 13.2 Å². The van der Waals surface area contributed by atoms with Crippen molar-refractivity contribution < 1.29 is 0 Å². The fourth-order valence-electron chi connectivity index (χ4n) is 2.24. The first-order valence-electron chi connectivity index (χ1n) is 7.26. The first-order valence-corrected chi connectivity index (χ1v) is 7.26. The summed E-state index contributed by atoms with van der Waals surface area (Å²) in [4.78, 5) is 4.12. The van der Waals surface area contributed by atoms with E-state index in [-0.39, 0.29) is 0 Å². The molecule has 0 saturated heterocycles. The molecule has 1 aromatic rings. The van der Waals surface area contributed by atoms with Gasteiger partial charge in [-0.1, -0.05) is 18.2 Å². The summed E-state index contributed by atoms with van der Waals surface area (Å²) >= 11 is 0. The van der Waals surface area contributed by atoms with Gasteiger partial charge in [-0.3, -0.25) is 10.0 Å². The van der Waals surface area contributed by atoms with Crippen molar-refractivity contribution in [3.05, 3.63) is 34.9 Å². The summed E-state index contributed by atoms with van der Waals surface area (Å²) in [5, 5.41) is 20.7. The van der Waals surface area contributed by atoms with Gasteiger partial charge in [-0.25, -0.2) is 5.43 Å². The number of hydrogen-bond donors (Lipinski definition) is 1. The van der Waals surface area contributed by atoms with E-state index in [1.54, 1.807) is 6.34 Å². The van der Waals surface area contributed by atoms with Gasteiger partial charge in [-0.05, 0) is 44.4 Å². The lowest BCUT2D eigenvalue weighted by molar-refractivity contribution is 0.342. The second kappa shape index (κ2) is 5.79. The van der Waals surface area contributed by atoms with Crippen molar-refractivity contribution in [2.45, 2.75) is 45.1 Å². The van der Waals surface area contributed by atoms with Crippen LogP contribution in [0.25, 0.3) is 0 Å². The highest BCUT2D eigenvalue weighted by Crippen LogP contribution is 2.30. The number of benzene rings is 1. The zero-order valence-electron chi connectivity index (χ0n) is 13.5. The minimum atomic E-state index is -0.594. The second-order valence-corrected chi connectivity index (χ2v) is 6.63. The van der Waals surface area contributed by atoms with Gasteiger partial charge in [0.2, 0.25) is 0 Å². The molecule has 0 aromatic heterocycles. The van der Waals surface area contributed by atoms with Gasteiger partial charge in [-0.15, -0.1) is 0 Å². The Bertz CT molecular complexity index is 629. The summed E-state index contributed by atoms with van der Waals surface area (Å²) in [6.07, 6.45) is 1.76. The lowest BCUT2D eigenvalue weighted by atomic mass is 9.79. The van der Waals surface area contributed by atoms with E-state index in [9.17, 15) is 10.5 Å². The zero-order valence-corrected chi connectivity index (χ0v) is 13.5. The molecule has 0 amide bonds. The fourth-order valence-corrected chi connectivity index (χ4v) is 2.24. The number of nitriles is 2. The van der Waals surface area contributed by atoms with Crippen LogP contribution in [0.15, 0.2) is 23.2 Å². The fraction of sp³-hybridized carbons (Fsp3) is 0.471. The van der Waals surface area contributed by atoms with Crippen molar-refractivity contribution in [1.29, 1.82) is 10.5 Å². The van der Waals surface area contributed by atoms with Crippen LogP contribution in [0.5, 0.6) is 0 Å². The van der Waals surface area contributed by atoms with Gasteiger partial charge >= 0.3 is 0 Å². The molecule has 22 heavy (non-hydrogen) atoms. The zero-order chi connectivity index (χ0) is 16.4. The van der Waals surface area contributed by atoms with Gasteiger partial charge < -0.3 is 0 Å². The quantitative estimate of drug-likeness (QED) is 0.926. The number of hydrazine groups is 1. The normalized spacial score (nSPS) is 14.7. The topological polar surface area (TPSA) is 75.2 Å². The highest BCUT2D eigenvalue weighted by molar-refractivity contribution is 5.56. The van der Waals surface area contributed by atoms with Crippen molar-refractivity contribution in [1.82, 2.24) is 10.4 Å². The summed E-state index contributed by atoms with van der Waals surface area (Å²) in [6, 6.07) is 10.7. The van der Waals surface area contributed by atoms with Gasteiger partial charge in [0.15, 0.2) is 0 Å². The molecule has 1 N–H and O–H groups in total. The van der Waals surface area contributed by atoms with E-state index in [2.05, 4.69) is 22.6 Å². The average Bonchev–Trinajstić information content (AvgIpc) is 2.99. The minimum Gasteiger partial charge on any atom is -0.292 e.